The van der Waals surface area contributed by atoms with Crippen molar-refractivity contribution in [3.63, 3.8) is 0 Å². The van der Waals surface area contributed by atoms with Gasteiger partial charge < -0.3 is 15.6 Å². The van der Waals surface area contributed by atoms with E-state index in [4.69, 9.17) is 10.7 Å². The molecule has 6 nitrogen and oxygen atoms in total. The highest BCUT2D eigenvalue weighted by molar-refractivity contribution is 7.18. The summed E-state index contributed by atoms with van der Waals surface area (Å²) in [6.07, 6.45) is 10.9. The first-order valence-corrected chi connectivity index (χ1v) is 14.3. The van der Waals surface area contributed by atoms with Crippen LogP contribution < -0.4 is 11.1 Å². The zero-order valence-corrected chi connectivity index (χ0v) is 23.1. The van der Waals surface area contributed by atoms with Crippen LogP contribution in [-0.4, -0.2) is 24.9 Å². The lowest BCUT2D eigenvalue weighted by Crippen LogP contribution is -2.55. The van der Waals surface area contributed by atoms with Gasteiger partial charge in [-0.3, -0.25) is 0 Å². The Morgan fingerprint density at radius 1 is 1.26 bits per heavy atom. The highest BCUT2D eigenvalue weighted by atomic mass is 31.0. The molecule has 8 heteroatoms. The smallest absolute Gasteiger partial charge is 0.148 e. The number of nitrogens with one attached hydrogen (secondary N) is 1. The summed E-state index contributed by atoms with van der Waals surface area (Å²) < 4.78 is 16.6. The first-order chi connectivity index (χ1) is 18.2. The van der Waals surface area contributed by atoms with Crippen LogP contribution in [-0.2, 0) is 5.54 Å². The van der Waals surface area contributed by atoms with E-state index in [9.17, 15) is 4.39 Å². The van der Waals surface area contributed by atoms with Crippen molar-refractivity contribution in [1.29, 1.82) is 0 Å². The standard InChI is InChI=1S/C30H34FN6P/c1-4-20-16(3)35-23-11-25(26(20)21(5-2)17-6-7-17)37-24-10-18(8-9-22(24)36-27(23)37)19-12-33-28(34-13-19)29(32)14-30(31,38)15-29/h4,8-10,12-13,17,23,25,35H,3,5-7,11,14-15,32,38H2,1-2H3/b20-4-,26-21-/t23?,25-,29?,30?/m1/s1. The van der Waals surface area contributed by atoms with Crippen molar-refractivity contribution in [2.24, 2.45) is 11.7 Å². The number of hydrogen-bond donors (Lipinski definition) is 2. The Kier molecular flexibility index (Phi) is 5.28. The lowest BCUT2D eigenvalue weighted by molar-refractivity contribution is 0.0595. The Morgan fingerprint density at radius 2 is 2.00 bits per heavy atom. The molecule has 196 valence electrons. The fourth-order valence-electron chi connectivity index (χ4n) is 7.04. The van der Waals surface area contributed by atoms with Crippen LogP contribution in [0, 0.1) is 5.92 Å². The quantitative estimate of drug-likeness (QED) is 0.397. The van der Waals surface area contributed by atoms with Crippen molar-refractivity contribution in [2.75, 3.05) is 0 Å². The second-order valence-corrected chi connectivity index (χ2v) is 12.6. The first-order valence-electron chi connectivity index (χ1n) is 13.7. The van der Waals surface area contributed by atoms with E-state index in [0.717, 1.165) is 46.5 Å². The first kappa shape index (κ1) is 24.2. The molecule has 3 aromatic rings. The molecule has 38 heavy (non-hydrogen) atoms. The van der Waals surface area contributed by atoms with Gasteiger partial charge in [0, 0.05) is 36.5 Å². The van der Waals surface area contributed by atoms with Gasteiger partial charge in [0.2, 0.25) is 0 Å². The fourth-order valence-corrected chi connectivity index (χ4v) is 7.76. The number of hydrogen-bond acceptors (Lipinski definition) is 5. The van der Waals surface area contributed by atoms with Gasteiger partial charge in [0.25, 0.3) is 0 Å². The summed E-state index contributed by atoms with van der Waals surface area (Å²) in [5.74, 6) is 2.27. The van der Waals surface area contributed by atoms with Crippen LogP contribution in [0.2, 0.25) is 0 Å². The molecule has 2 aliphatic carbocycles. The zero-order valence-electron chi connectivity index (χ0n) is 22.0. The maximum Gasteiger partial charge on any atom is 0.148 e. The number of nitrogens with zero attached hydrogens (tertiary/aromatic N) is 4. The number of alkyl halides is 1. The molecule has 2 aliphatic heterocycles. The second-order valence-electron chi connectivity index (χ2n) is 11.6. The van der Waals surface area contributed by atoms with E-state index in [1.807, 2.05) is 0 Å². The highest BCUT2D eigenvalue weighted by Gasteiger charge is 2.53. The van der Waals surface area contributed by atoms with Crippen molar-refractivity contribution in [3.8, 4) is 11.1 Å². The maximum atomic E-state index is 14.1. The molecule has 2 unspecified atom stereocenters. The minimum Gasteiger partial charge on any atom is -0.375 e. The zero-order chi connectivity index (χ0) is 26.4. The number of fused-ring (bicyclic) bond motifs is 7. The van der Waals surface area contributed by atoms with Crippen molar-refractivity contribution in [2.45, 2.75) is 75.4 Å². The van der Waals surface area contributed by atoms with Gasteiger partial charge in [-0.15, -0.1) is 0 Å². The molecular weight excluding hydrogens is 494 g/mol. The Labute approximate surface area is 224 Å². The van der Waals surface area contributed by atoms with Crippen molar-refractivity contribution in [1.82, 2.24) is 24.8 Å². The maximum absolute atomic E-state index is 14.1. The van der Waals surface area contributed by atoms with Gasteiger partial charge in [0.05, 0.1) is 28.7 Å². The average molecular weight is 529 g/mol. The molecule has 7 rings (SSSR count). The minimum atomic E-state index is -1.32. The van der Waals surface area contributed by atoms with Gasteiger partial charge in [-0.05, 0) is 67.4 Å². The number of nitrogens with two attached hydrogens (primary N) is 1. The predicted octanol–water partition coefficient (Wildman–Crippen LogP) is 6.15. The number of rotatable bonds is 4. The Hall–Kier alpha value is -2.89. The number of allylic oxidation sites excluding steroid dienone is 3. The molecule has 2 bridgehead atoms. The molecule has 4 heterocycles. The summed E-state index contributed by atoms with van der Waals surface area (Å²) in [5, 5.41) is 2.38. The van der Waals surface area contributed by atoms with E-state index in [-0.39, 0.29) is 24.9 Å². The van der Waals surface area contributed by atoms with Crippen molar-refractivity contribution < 1.29 is 4.39 Å². The van der Waals surface area contributed by atoms with Crippen LogP contribution in [0.4, 0.5) is 4.39 Å². The summed E-state index contributed by atoms with van der Waals surface area (Å²) in [6.45, 7) is 8.83. The van der Waals surface area contributed by atoms with Gasteiger partial charge >= 0.3 is 0 Å². The molecule has 4 aliphatic rings. The summed E-state index contributed by atoms with van der Waals surface area (Å²) in [5.41, 5.74) is 14.9. The molecule has 2 aromatic heterocycles. The third kappa shape index (κ3) is 3.62. The summed E-state index contributed by atoms with van der Waals surface area (Å²) >= 11 is 0. The third-order valence-electron chi connectivity index (χ3n) is 8.83. The van der Waals surface area contributed by atoms with E-state index in [0.29, 0.717) is 11.7 Å². The van der Waals surface area contributed by atoms with Gasteiger partial charge in [-0.1, -0.05) is 40.5 Å². The number of halogens is 1. The topological polar surface area (TPSA) is 81.7 Å². The largest absolute Gasteiger partial charge is 0.375 e. The molecule has 0 amide bonds. The fraction of sp³-hybridized carbons (Fsp3) is 0.433. The number of imidazole rings is 1. The lowest BCUT2D eigenvalue weighted by Gasteiger charge is -2.46. The van der Waals surface area contributed by atoms with E-state index in [1.165, 1.54) is 24.0 Å². The van der Waals surface area contributed by atoms with E-state index < -0.39 is 10.9 Å². The highest BCUT2D eigenvalue weighted by Crippen LogP contribution is 2.53. The summed E-state index contributed by atoms with van der Waals surface area (Å²) in [6, 6.07) is 6.74. The normalized spacial score (nSPS) is 32.7. The van der Waals surface area contributed by atoms with Gasteiger partial charge in [0.15, 0.2) is 0 Å². The van der Waals surface area contributed by atoms with Gasteiger partial charge in [-0.25, -0.2) is 19.3 Å². The molecule has 2 saturated carbocycles. The van der Waals surface area contributed by atoms with Gasteiger partial charge in [-0.2, -0.15) is 0 Å². The third-order valence-corrected chi connectivity index (χ3v) is 9.24. The van der Waals surface area contributed by atoms with Crippen LogP contribution in [0.25, 0.3) is 22.2 Å². The predicted molar refractivity (Wildman–Crippen MR) is 152 cm³/mol. The number of aromatic nitrogens is 4. The molecule has 3 atom stereocenters. The monoisotopic (exact) mass is 528 g/mol. The van der Waals surface area contributed by atoms with Gasteiger partial charge in [0.1, 0.15) is 17.1 Å². The molecule has 1 saturated heterocycles. The number of benzene rings is 1. The summed E-state index contributed by atoms with van der Waals surface area (Å²) in [7, 11) is 2.25. The molecule has 0 spiro atoms. The Morgan fingerprint density at radius 3 is 2.63 bits per heavy atom. The minimum absolute atomic E-state index is 0.137. The van der Waals surface area contributed by atoms with Crippen LogP contribution in [0.1, 0.15) is 76.1 Å². The Bertz CT molecular complexity index is 1540. The van der Waals surface area contributed by atoms with Crippen LogP contribution in [0.3, 0.4) is 0 Å². The summed E-state index contributed by atoms with van der Waals surface area (Å²) in [4.78, 5) is 14.2. The average Bonchev–Trinajstić information content (AvgIpc) is 3.58. The molecule has 3 N–H and O–H groups in total. The van der Waals surface area contributed by atoms with Crippen LogP contribution in [0.15, 0.2) is 65.7 Å². The van der Waals surface area contributed by atoms with E-state index in [2.05, 4.69) is 73.8 Å². The SMILES string of the molecule is C=C1NC2C[C@H](C(=C(/CC)C3CC3)/C1=C\C)n1c2nc2ccc(-c3cnc(C4(N)CC(F)(P)C4)nc3)cc21. The Balaban J connectivity index is 1.32. The second kappa shape index (κ2) is 8.30. The van der Waals surface area contributed by atoms with E-state index >= 15 is 0 Å². The lowest BCUT2D eigenvalue weighted by atomic mass is 9.74. The van der Waals surface area contributed by atoms with Crippen LogP contribution in [0.5, 0.6) is 0 Å². The molecular formula is C30H34FN6P. The molecule has 1 aromatic carbocycles. The van der Waals surface area contributed by atoms with E-state index in [1.54, 1.807) is 18.0 Å². The van der Waals surface area contributed by atoms with Crippen molar-refractivity contribution in [3.05, 3.63) is 77.3 Å². The van der Waals surface area contributed by atoms with Crippen molar-refractivity contribution >= 4 is 20.3 Å². The van der Waals surface area contributed by atoms with Crippen LogP contribution >= 0.6 is 9.24 Å². The molecule has 3 fully saturated rings. The molecule has 0 radical (unpaired) electrons.